The normalized spacial score (nSPS) is 10.6. The summed E-state index contributed by atoms with van der Waals surface area (Å²) in [6.45, 7) is -0.762. The maximum atomic E-state index is 13.6. The van der Waals surface area contributed by atoms with Crippen molar-refractivity contribution in [3.8, 4) is 0 Å². The molecule has 0 unspecified atom stereocenters. The van der Waals surface area contributed by atoms with E-state index in [1.54, 1.807) is 0 Å². The molecular formula is C11H9BrF2N4O2. The number of nitrogen functional groups attached to an aromatic ring is 1. The number of rotatable bonds is 4. The number of halogens is 3. The van der Waals surface area contributed by atoms with E-state index in [0.717, 1.165) is 10.7 Å². The Morgan fingerprint density at radius 3 is 2.85 bits per heavy atom. The predicted octanol–water partition coefficient (Wildman–Crippen LogP) is 1.64. The second kappa shape index (κ2) is 5.95. The van der Waals surface area contributed by atoms with Gasteiger partial charge in [-0.2, -0.15) is 0 Å². The summed E-state index contributed by atoms with van der Waals surface area (Å²) in [4.78, 5) is 15.1. The van der Waals surface area contributed by atoms with Crippen molar-refractivity contribution in [2.45, 2.75) is 13.2 Å². The molecule has 0 saturated heterocycles. The third-order valence-corrected chi connectivity index (χ3v) is 2.97. The molecule has 0 bridgehead atoms. The number of nitrogens with zero attached hydrogens (tertiary/aromatic N) is 3. The van der Waals surface area contributed by atoms with Crippen LogP contribution in [0.2, 0.25) is 0 Å². The van der Waals surface area contributed by atoms with Crippen molar-refractivity contribution in [2.24, 2.45) is 0 Å². The molecule has 0 fully saturated rings. The molecule has 9 heteroatoms. The van der Waals surface area contributed by atoms with Crippen LogP contribution in [0.1, 0.15) is 5.56 Å². The summed E-state index contributed by atoms with van der Waals surface area (Å²) >= 11 is 2.93. The van der Waals surface area contributed by atoms with E-state index < -0.39 is 24.2 Å². The fraction of sp³-hybridized carbons (Fsp3) is 0.182. The van der Waals surface area contributed by atoms with Crippen LogP contribution in [0.5, 0.6) is 0 Å². The Bertz CT molecular complexity index is 647. The molecule has 1 heterocycles. The number of anilines is 1. The molecule has 2 N–H and O–H groups in total. The lowest BCUT2D eigenvalue weighted by Gasteiger charge is -2.08. The highest BCUT2D eigenvalue weighted by atomic mass is 79.9. The van der Waals surface area contributed by atoms with Crippen molar-refractivity contribution in [3.05, 3.63) is 40.1 Å². The second-order valence-electron chi connectivity index (χ2n) is 3.78. The number of carbonyl (C=O) groups is 1. The van der Waals surface area contributed by atoms with Crippen molar-refractivity contribution in [3.63, 3.8) is 0 Å². The van der Waals surface area contributed by atoms with Crippen LogP contribution in [0, 0.1) is 11.6 Å². The Kier molecular flexibility index (Phi) is 4.28. The molecule has 0 aliphatic rings. The highest BCUT2D eigenvalue weighted by Crippen LogP contribution is 2.22. The molecule has 2 aromatic rings. The quantitative estimate of drug-likeness (QED) is 0.672. The van der Waals surface area contributed by atoms with Gasteiger partial charge in [0.15, 0.2) is 0 Å². The Labute approximate surface area is 120 Å². The lowest BCUT2D eigenvalue weighted by Crippen LogP contribution is -2.15. The van der Waals surface area contributed by atoms with E-state index in [9.17, 15) is 13.6 Å². The van der Waals surface area contributed by atoms with Gasteiger partial charge in [-0.1, -0.05) is 0 Å². The Hall–Kier alpha value is -2.03. The van der Waals surface area contributed by atoms with E-state index >= 15 is 0 Å². The Balaban J connectivity index is 1.98. The van der Waals surface area contributed by atoms with Crippen molar-refractivity contribution in [1.82, 2.24) is 14.8 Å². The van der Waals surface area contributed by atoms with Crippen molar-refractivity contribution >= 4 is 27.8 Å². The fourth-order valence-electron chi connectivity index (χ4n) is 1.42. The third-order valence-electron chi connectivity index (χ3n) is 2.36. The van der Waals surface area contributed by atoms with Crippen LogP contribution in [0.25, 0.3) is 0 Å². The smallest absolute Gasteiger partial charge is 0.328 e. The molecule has 0 aliphatic carbocycles. The van der Waals surface area contributed by atoms with Gasteiger partial charge in [0.1, 0.15) is 31.1 Å². The molecule has 0 saturated carbocycles. The Morgan fingerprint density at radius 1 is 1.45 bits per heavy atom. The zero-order chi connectivity index (χ0) is 14.7. The molecule has 0 amide bonds. The molecule has 106 valence electrons. The molecule has 6 nitrogen and oxygen atoms in total. The molecule has 0 spiro atoms. The lowest BCUT2D eigenvalue weighted by atomic mass is 10.2. The van der Waals surface area contributed by atoms with Crippen molar-refractivity contribution < 1.29 is 18.3 Å². The zero-order valence-electron chi connectivity index (χ0n) is 10.0. The van der Waals surface area contributed by atoms with Crippen molar-refractivity contribution in [1.29, 1.82) is 0 Å². The van der Waals surface area contributed by atoms with Crippen LogP contribution in [0.4, 0.5) is 14.7 Å². The molecule has 0 atom stereocenters. The van der Waals surface area contributed by atoms with Crippen molar-refractivity contribution in [2.75, 3.05) is 5.73 Å². The Morgan fingerprint density at radius 2 is 2.20 bits per heavy atom. The first-order chi connectivity index (χ1) is 9.47. The maximum absolute atomic E-state index is 13.6. The number of nitrogens with two attached hydrogens (primary N) is 1. The third kappa shape index (κ3) is 3.29. The average Bonchev–Trinajstić information content (AvgIpc) is 2.79. The molecule has 0 aliphatic heterocycles. The van der Waals surface area contributed by atoms with Crippen LogP contribution in [0.3, 0.4) is 0 Å². The molecule has 1 aromatic heterocycles. The summed E-state index contributed by atoms with van der Waals surface area (Å²) in [6.07, 6.45) is 1.25. The van der Waals surface area contributed by atoms with Crippen LogP contribution in [-0.2, 0) is 22.7 Å². The number of esters is 1. The topological polar surface area (TPSA) is 83.0 Å². The lowest BCUT2D eigenvalue weighted by molar-refractivity contribution is -0.146. The van der Waals surface area contributed by atoms with Gasteiger partial charge in [0, 0.05) is 0 Å². The van der Waals surface area contributed by atoms with Gasteiger partial charge in [0.2, 0.25) is 5.95 Å². The minimum Gasteiger partial charge on any atom is -0.459 e. The average molecular weight is 347 g/mol. The number of benzene rings is 1. The fourth-order valence-corrected chi connectivity index (χ4v) is 1.79. The summed E-state index contributed by atoms with van der Waals surface area (Å²) in [6, 6.07) is 2.31. The summed E-state index contributed by atoms with van der Waals surface area (Å²) in [5, 5.41) is 3.68. The standard InChI is InChI=1S/C11H9BrF2N4O2/c12-7-1-2-8(13)6(10(7)14)4-20-9(19)3-18-5-16-11(15)17-18/h1-2,5H,3-4H2,(H2,15,17). The number of ether oxygens (including phenoxy) is 1. The van der Waals surface area contributed by atoms with Gasteiger partial charge < -0.3 is 10.5 Å². The summed E-state index contributed by atoms with van der Waals surface area (Å²) in [5.74, 6) is -2.29. The van der Waals surface area contributed by atoms with Gasteiger partial charge in [0.05, 0.1) is 10.0 Å². The van der Waals surface area contributed by atoms with Gasteiger partial charge in [-0.25, -0.2) is 18.4 Å². The second-order valence-corrected chi connectivity index (χ2v) is 4.64. The molecule has 2 rings (SSSR count). The highest BCUT2D eigenvalue weighted by Gasteiger charge is 2.15. The van der Waals surface area contributed by atoms with Gasteiger partial charge in [-0.15, -0.1) is 5.10 Å². The molecular weight excluding hydrogens is 338 g/mol. The first-order valence-electron chi connectivity index (χ1n) is 5.40. The highest BCUT2D eigenvalue weighted by molar-refractivity contribution is 9.10. The SMILES string of the molecule is Nc1ncn(CC(=O)OCc2c(F)ccc(Br)c2F)n1. The largest absolute Gasteiger partial charge is 0.459 e. The van der Waals surface area contributed by atoms with Crippen LogP contribution in [0.15, 0.2) is 22.9 Å². The maximum Gasteiger partial charge on any atom is 0.328 e. The van der Waals surface area contributed by atoms with Crippen LogP contribution >= 0.6 is 15.9 Å². The minimum atomic E-state index is -0.803. The van der Waals surface area contributed by atoms with E-state index in [0.29, 0.717) is 0 Å². The first kappa shape index (κ1) is 14.4. The van der Waals surface area contributed by atoms with E-state index in [-0.39, 0.29) is 22.5 Å². The summed E-state index contributed by atoms with van der Waals surface area (Å²) < 4.78 is 33.1. The summed E-state index contributed by atoms with van der Waals surface area (Å²) in [7, 11) is 0. The number of carbonyl (C=O) groups excluding carboxylic acids is 1. The van der Waals surface area contributed by atoms with E-state index in [1.165, 1.54) is 12.4 Å². The van der Waals surface area contributed by atoms with Crippen LogP contribution in [-0.4, -0.2) is 20.7 Å². The van der Waals surface area contributed by atoms with E-state index in [1.807, 2.05) is 0 Å². The van der Waals surface area contributed by atoms with E-state index in [2.05, 4.69) is 26.0 Å². The number of aromatic nitrogens is 3. The van der Waals surface area contributed by atoms with Gasteiger partial charge in [-0.3, -0.25) is 4.79 Å². The first-order valence-corrected chi connectivity index (χ1v) is 6.19. The molecule has 20 heavy (non-hydrogen) atoms. The van der Waals surface area contributed by atoms with E-state index in [4.69, 9.17) is 10.5 Å². The minimum absolute atomic E-state index is 0.0156. The molecule has 0 radical (unpaired) electrons. The zero-order valence-corrected chi connectivity index (χ0v) is 11.6. The predicted molar refractivity (Wildman–Crippen MR) is 68.3 cm³/mol. The van der Waals surface area contributed by atoms with Crippen LogP contribution < -0.4 is 5.73 Å². The molecule has 1 aromatic carbocycles. The monoisotopic (exact) mass is 346 g/mol. The number of hydrogen-bond acceptors (Lipinski definition) is 5. The number of hydrogen-bond donors (Lipinski definition) is 1. The van der Waals surface area contributed by atoms with Gasteiger partial charge in [-0.05, 0) is 28.1 Å². The summed E-state index contributed by atoms with van der Waals surface area (Å²) in [5.41, 5.74) is 4.95. The van der Waals surface area contributed by atoms with Gasteiger partial charge >= 0.3 is 5.97 Å². The van der Waals surface area contributed by atoms with Gasteiger partial charge in [0.25, 0.3) is 0 Å².